The van der Waals surface area contributed by atoms with Crippen LogP contribution in [0.3, 0.4) is 0 Å². The van der Waals surface area contributed by atoms with Gasteiger partial charge in [-0.05, 0) is 38.0 Å². The maximum Gasteiger partial charge on any atom is 0.337 e. The zero-order valence-corrected chi connectivity index (χ0v) is 11.7. The largest absolute Gasteiger partial charge is 0.478 e. The molecule has 0 radical (unpaired) electrons. The van der Waals surface area contributed by atoms with E-state index >= 15 is 0 Å². The predicted molar refractivity (Wildman–Crippen MR) is 73.1 cm³/mol. The van der Waals surface area contributed by atoms with Gasteiger partial charge in [-0.25, -0.2) is 13.6 Å². The fourth-order valence-electron chi connectivity index (χ4n) is 2.33. The Bertz CT molecular complexity index is 810. The number of carboxylic acid groups (broad SMARTS) is 1. The normalized spacial score (nSPS) is 10.7. The summed E-state index contributed by atoms with van der Waals surface area (Å²) in [4.78, 5) is 23.4. The van der Waals surface area contributed by atoms with E-state index < -0.39 is 28.9 Å². The Hall–Kier alpha value is -2.50. The molecule has 110 valence electrons. The minimum atomic E-state index is -1.26. The lowest BCUT2D eigenvalue weighted by atomic mass is 10.1. The monoisotopic (exact) mass is 293 g/mol. The van der Waals surface area contributed by atoms with Crippen LogP contribution in [0.4, 0.5) is 8.78 Å². The van der Waals surface area contributed by atoms with Gasteiger partial charge in [-0.15, -0.1) is 0 Å². The average Bonchev–Trinajstić information content (AvgIpc) is 2.37. The van der Waals surface area contributed by atoms with E-state index in [4.69, 9.17) is 0 Å². The van der Waals surface area contributed by atoms with Crippen LogP contribution in [0.2, 0.25) is 0 Å². The lowest BCUT2D eigenvalue weighted by Gasteiger charge is -2.16. The van der Waals surface area contributed by atoms with Crippen molar-refractivity contribution in [1.29, 1.82) is 0 Å². The first-order valence-corrected chi connectivity index (χ1v) is 6.17. The molecule has 0 unspecified atom stereocenters. The molecule has 0 aliphatic rings. The maximum absolute atomic E-state index is 14.2. The Balaban J connectivity index is 2.96. The Morgan fingerprint density at radius 1 is 1.14 bits per heavy atom. The van der Waals surface area contributed by atoms with Gasteiger partial charge in [-0.3, -0.25) is 9.36 Å². The number of benzene rings is 1. The van der Waals surface area contributed by atoms with Crippen molar-refractivity contribution in [1.82, 2.24) is 4.57 Å². The number of carboxylic acids is 1. The van der Waals surface area contributed by atoms with E-state index in [1.165, 1.54) is 26.8 Å². The second-order valence-corrected chi connectivity index (χ2v) is 4.79. The minimum absolute atomic E-state index is 0.0177. The van der Waals surface area contributed by atoms with Crippen LogP contribution in [0.1, 0.15) is 27.2 Å². The highest BCUT2D eigenvalue weighted by molar-refractivity contribution is 5.90. The van der Waals surface area contributed by atoms with Gasteiger partial charge >= 0.3 is 5.97 Å². The van der Waals surface area contributed by atoms with Gasteiger partial charge in [0, 0.05) is 11.8 Å². The lowest BCUT2D eigenvalue weighted by molar-refractivity contribution is 0.0694. The van der Waals surface area contributed by atoms with Gasteiger partial charge in [0.15, 0.2) is 5.82 Å². The molecule has 0 fully saturated rings. The van der Waals surface area contributed by atoms with Crippen LogP contribution in [0.25, 0.3) is 5.69 Å². The fourth-order valence-corrected chi connectivity index (χ4v) is 2.33. The van der Waals surface area contributed by atoms with Crippen molar-refractivity contribution in [2.75, 3.05) is 0 Å². The van der Waals surface area contributed by atoms with Crippen LogP contribution in [0, 0.1) is 32.4 Å². The van der Waals surface area contributed by atoms with Gasteiger partial charge in [0.25, 0.3) is 5.56 Å². The van der Waals surface area contributed by atoms with Crippen LogP contribution in [0.5, 0.6) is 0 Å². The Kier molecular flexibility index (Phi) is 3.63. The van der Waals surface area contributed by atoms with Crippen LogP contribution in [0.15, 0.2) is 23.0 Å². The van der Waals surface area contributed by atoms with Gasteiger partial charge in [0.05, 0.1) is 5.56 Å². The molecule has 2 rings (SSSR count). The number of nitrogens with zero attached hydrogens (tertiary/aromatic N) is 1. The highest BCUT2D eigenvalue weighted by Gasteiger charge is 2.21. The quantitative estimate of drug-likeness (QED) is 0.926. The van der Waals surface area contributed by atoms with Crippen molar-refractivity contribution in [3.63, 3.8) is 0 Å². The summed E-state index contributed by atoms with van der Waals surface area (Å²) in [5.41, 5.74) is -0.992. The van der Waals surface area contributed by atoms with Crippen LogP contribution in [-0.2, 0) is 0 Å². The van der Waals surface area contributed by atoms with E-state index in [-0.39, 0.29) is 22.4 Å². The molecule has 21 heavy (non-hydrogen) atoms. The first-order valence-electron chi connectivity index (χ1n) is 6.17. The summed E-state index contributed by atoms with van der Waals surface area (Å²) >= 11 is 0. The number of aromatic nitrogens is 1. The third-order valence-corrected chi connectivity index (χ3v) is 3.35. The highest BCUT2D eigenvalue weighted by Crippen LogP contribution is 2.23. The first kappa shape index (κ1) is 14.9. The van der Waals surface area contributed by atoms with Crippen LogP contribution >= 0.6 is 0 Å². The van der Waals surface area contributed by atoms with E-state index in [0.717, 1.165) is 16.7 Å². The third kappa shape index (κ3) is 2.33. The number of pyridine rings is 1. The number of halogens is 2. The zero-order chi connectivity index (χ0) is 15.9. The van der Waals surface area contributed by atoms with Gasteiger partial charge < -0.3 is 5.11 Å². The second-order valence-electron chi connectivity index (χ2n) is 4.79. The molecule has 6 heteroatoms. The summed E-state index contributed by atoms with van der Waals surface area (Å²) in [6, 6.07) is 3.35. The van der Waals surface area contributed by atoms with Crippen LogP contribution < -0.4 is 5.56 Å². The molecular formula is C15H13F2NO3. The Morgan fingerprint density at radius 2 is 1.76 bits per heavy atom. The van der Waals surface area contributed by atoms with Gasteiger partial charge in [0.2, 0.25) is 0 Å². The predicted octanol–water partition coefficient (Wildman–Crippen LogP) is 2.74. The molecule has 1 aromatic heterocycles. The highest BCUT2D eigenvalue weighted by atomic mass is 19.1. The van der Waals surface area contributed by atoms with Crippen molar-refractivity contribution in [3.8, 4) is 5.69 Å². The summed E-state index contributed by atoms with van der Waals surface area (Å²) < 4.78 is 28.9. The number of hydrogen-bond acceptors (Lipinski definition) is 2. The van der Waals surface area contributed by atoms with E-state index in [1.54, 1.807) is 0 Å². The van der Waals surface area contributed by atoms with Crippen molar-refractivity contribution < 1.29 is 18.7 Å². The molecule has 1 N–H and O–H groups in total. The molecule has 2 aromatic rings. The van der Waals surface area contributed by atoms with E-state index in [0.29, 0.717) is 0 Å². The summed E-state index contributed by atoms with van der Waals surface area (Å²) in [6.07, 6.45) is 0. The maximum atomic E-state index is 14.2. The standard InChI is InChI=1S/C15H13F2NO3/c1-7-4-5-10(16)14(13(7)17)18-9(3)12(15(20)21)8(2)6-11(18)19/h4-6H,1-3H3,(H,20,21). The fraction of sp³-hybridized carbons (Fsp3) is 0.200. The molecule has 0 bridgehead atoms. The molecular weight excluding hydrogens is 280 g/mol. The number of rotatable bonds is 2. The molecule has 0 saturated carbocycles. The van der Waals surface area contributed by atoms with E-state index in [2.05, 4.69) is 0 Å². The van der Waals surface area contributed by atoms with Crippen molar-refractivity contribution >= 4 is 5.97 Å². The molecule has 0 spiro atoms. The van der Waals surface area contributed by atoms with Crippen molar-refractivity contribution in [3.05, 3.63) is 62.6 Å². The van der Waals surface area contributed by atoms with Crippen molar-refractivity contribution in [2.24, 2.45) is 0 Å². The van der Waals surface area contributed by atoms with E-state index in [1.807, 2.05) is 0 Å². The topological polar surface area (TPSA) is 59.3 Å². The molecule has 0 amide bonds. The Morgan fingerprint density at radius 3 is 2.33 bits per heavy atom. The SMILES string of the molecule is Cc1ccc(F)c(-n2c(C)c(C(=O)O)c(C)cc2=O)c1F. The molecule has 0 aliphatic heterocycles. The third-order valence-electron chi connectivity index (χ3n) is 3.35. The van der Waals surface area contributed by atoms with Gasteiger partial charge in [0.1, 0.15) is 11.5 Å². The molecule has 4 nitrogen and oxygen atoms in total. The molecule has 0 aliphatic carbocycles. The zero-order valence-electron chi connectivity index (χ0n) is 11.7. The summed E-state index contributed by atoms with van der Waals surface area (Å²) in [5.74, 6) is -3.07. The van der Waals surface area contributed by atoms with E-state index in [9.17, 15) is 23.5 Å². The number of aryl methyl sites for hydroxylation is 2. The number of aromatic carboxylic acids is 1. The molecule has 0 saturated heterocycles. The number of carbonyl (C=O) groups is 1. The van der Waals surface area contributed by atoms with Crippen LogP contribution in [-0.4, -0.2) is 15.6 Å². The molecule has 1 aromatic carbocycles. The smallest absolute Gasteiger partial charge is 0.337 e. The van der Waals surface area contributed by atoms with Gasteiger partial charge in [-0.1, -0.05) is 6.07 Å². The Labute approximate surface area is 119 Å². The molecule has 1 heterocycles. The average molecular weight is 293 g/mol. The molecule has 0 atom stereocenters. The van der Waals surface area contributed by atoms with Crippen molar-refractivity contribution in [2.45, 2.75) is 20.8 Å². The van der Waals surface area contributed by atoms with Gasteiger partial charge in [-0.2, -0.15) is 0 Å². The minimum Gasteiger partial charge on any atom is -0.478 e. The second kappa shape index (κ2) is 5.12. The number of hydrogen-bond donors (Lipinski definition) is 1. The first-order chi connectivity index (χ1) is 9.75. The summed E-state index contributed by atoms with van der Waals surface area (Å²) in [5, 5.41) is 9.20. The summed E-state index contributed by atoms with van der Waals surface area (Å²) in [6.45, 7) is 4.25. The lowest BCUT2D eigenvalue weighted by Crippen LogP contribution is -2.26. The summed E-state index contributed by atoms with van der Waals surface area (Å²) in [7, 11) is 0.